The molecule has 0 saturated heterocycles. The second-order valence-corrected chi connectivity index (χ2v) is 16.7. The van der Waals surface area contributed by atoms with E-state index < -0.39 is 20.9 Å². The van der Waals surface area contributed by atoms with Crippen LogP contribution in [-0.4, -0.2) is 25.9 Å². The summed E-state index contributed by atoms with van der Waals surface area (Å²) in [5, 5.41) is 0. The summed E-state index contributed by atoms with van der Waals surface area (Å²) in [5.41, 5.74) is 6.88. The molecule has 0 N–H and O–H groups in total. The van der Waals surface area contributed by atoms with Gasteiger partial charge in [-0.25, -0.2) is 0 Å². The molecule has 3 heterocycles. The second kappa shape index (κ2) is 13.2. The van der Waals surface area contributed by atoms with E-state index in [9.17, 15) is 0 Å². The fourth-order valence-corrected chi connectivity index (χ4v) is 8.44. The summed E-state index contributed by atoms with van der Waals surface area (Å²) >= 11 is -0.598. The van der Waals surface area contributed by atoms with Gasteiger partial charge in [-0.2, -0.15) is 0 Å². The van der Waals surface area contributed by atoms with Crippen LogP contribution in [0.25, 0.3) is 0 Å². The number of aromatic nitrogens is 1. The van der Waals surface area contributed by atoms with Gasteiger partial charge in [0.15, 0.2) is 0 Å². The van der Waals surface area contributed by atoms with Crippen LogP contribution in [0, 0.1) is 18.8 Å². The van der Waals surface area contributed by atoms with Crippen molar-refractivity contribution in [3.05, 3.63) is 140 Å². The molecular formula is C40H37N4OPtTe-3. The Hall–Kier alpha value is -3.55. The standard InChI is InChI=1S/C40H37N4OTe.Pt/c1-39(2,3)28-14-16-30(17-15-28)42-22-23-43(27-42)31-10-9-11-32(25-31)45-33-18-19-37-35(26-33)44(34-12-7-8-13-36(34)46-37)38-24-29(20-21-41-38)40(4,5)6;/h7-24,27H,1-6H3;/q-3;. The van der Waals surface area contributed by atoms with Crippen molar-refractivity contribution in [2.24, 2.45) is 0 Å². The molecule has 0 unspecified atom stereocenters. The molecule has 0 bridgehead atoms. The molecule has 2 aliphatic heterocycles. The molecule has 0 fully saturated rings. The molecule has 0 spiro atoms. The maximum Gasteiger partial charge on any atom is 0 e. The molecule has 47 heavy (non-hydrogen) atoms. The Labute approximate surface area is 303 Å². The van der Waals surface area contributed by atoms with Crippen molar-refractivity contribution in [3.8, 4) is 11.5 Å². The Balaban J connectivity index is 0.00000386. The topological polar surface area (TPSA) is 31.8 Å². The molecule has 0 radical (unpaired) electrons. The number of fused-ring (bicyclic) bond motifs is 2. The van der Waals surface area contributed by atoms with E-state index in [2.05, 4.69) is 148 Å². The molecule has 0 aliphatic carbocycles. The number of pyridine rings is 1. The van der Waals surface area contributed by atoms with Crippen molar-refractivity contribution in [3.63, 3.8) is 0 Å². The van der Waals surface area contributed by atoms with Gasteiger partial charge in [0.2, 0.25) is 0 Å². The van der Waals surface area contributed by atoms with E-state index in [1.165, 1.54) is 24.0 Å². The van der Waals surface area contributed by atoms with Crippen LogP contribution >= 0.6 is 0 Å². The molecule has 2 aliphatic rings. The largest absolute Gasteiger partial charge is 0.0565 e. The van der Waals surface area contributed by atoms with E-state index in [1.54, 1.807) is 0 Å². The van der Waals surface area contributed by atoms with E-state index in [1.807, 2.05) is 36.7 Å². The van der Waals surface area contributed by atoms with E-state index in [0.717, 1.165) is 22.9 Å². The fraction of sp³-hybridized carbons (Fsp3) is 0.200. The molecule has 5 aromatic rings. The monoisotopic (exact) mass is 914 g/mol. The quantitative estimate of drug-likeness (QED) is 0.128. The molecule has 7 heteroatoms. The number of ether oxygens (including phenoxy) is 1. The van der Waals surface area contributed by atoms with Crippen LogP contribution in [0.4, 0.5) is 28.6 Å². The third kappa shape index (κ3) is 7.02. The fourth-order valence-electron chi connectivity index (χ4n) is 5.52. The van der Waals surface area contributed by atoms with Crippen molar-refractivity contribution in [1.82, 2.24) is 4.98 Å². The van der Waals surface area contributed by atoms with Crippen molar-refractivity contribution in [1.29, 1.82) is 0 Å². The Kier molecular flexibility index (Phi) is 9.34. The molecule has 7 rings (SSSR count). The molecular weight excluding hydrogens is 875 g/mol. The van der Waals surface area contributed by atoms with Crippen molar-refractivity contribution >= 4 is 56.7 Å². The van der Waals surface area contributed by atoms with E-state index in [-0.39, 0.29) is 31.9 Å². The first-order valence-corrected chi connectivity index (χ1v) is 17.9. The van der Waals surface area contributed by atoms with Gasteiger partial charge in [-0.1, -0.05) is 32.9 Å². The predicted octanol–water partition coefficient (Wildman–Crippen LogP) is 8.42. The second-order valence-electron chi connectivity index (χ2n) is 13.6. The van der Waals surface area contributed by atoms with Crippen LogP contribution < -0.4 is 26.7 Å². The zero-order valence-electron chi connectivity index (χ0n) is 27.4. The van der Waals surface area contributed by atoms with Gasteiger partial charge in [-0.05, 0) is 23.1 Å². The van der Waals surface area contributed by atoms with Crippen LogP contribution in [-0.2, 0) is 31.9 Å². The maximum atomic E-state index is 6.43. The first-order valence-electron chi connectivity index (χ1n) is 15.5. The zero-order chi connectivity index (χ0) is 32.1. The summed E-state index contributed by atoms with van der Waals surface area (Å²) < 4.78 is 9.13. The Morgan fingerprint density at radius 1 is 0.702 bits per heavy atom. The van der Waals surface area contributed by atoms with Gasteiger partial charge in [0.25, 0.3) is 0 Å². The minimum atomic E-state index is -0.598. The molecule has 0 amide bonds. The van der Waals surface area contributed by atoms with Crippen LogP contribution in [0.5, 0.6) is 11.5 Å². The maximum absolute atomic E-state index is 6.43. The Bertz CT molecular complexity index is 1930. The summed E-state index contributed by atoms with van der Waals surface area (Å²) in [7, 11) is 0. The van der Waals surface area contributed by atoms with E-state index in [4.69, 9.17) is 9.72 Å². The molecule has 0 atom stereocenters. The predicted molar refractivity (Wildman–Crippen MR) is 190 cm³/mol. The average molecular weight is 912 g/mol. The minimum Gasteiger partial charge on any atom is -0.0565 e. The summed E-state index contributed by atoms with van der Waals surface area (Å²) in [5.74, 6) is 2.18. The molecule has 0 saturated carbocycles. The number of nitrogens with zero attached hydrogens (tertiary/aromatic N) is 4. The summed E-state index contributed by atoms with van der Waals surface area (Å²) in [6.45, 7) is 15.5. The summed E-state index contributed by atoms with van der Waals surface area (Å²) in [6.07, 6.45) is 6.01. The van der Waals surface area contributed by atoms with Crippen molar-refractivity contribution < 1.29 is 25.8 Å². The number of rotatable bonds is 5. The zero-order valence-corrected chi connectivity index (χ0v) is 32.0. The van der Waals surface area contributed by atoms with Crippen LogP contribution in [0.1, 0.15) is 52.7 Å². The van der Waals surface area contributed by atoms with E-state index >= 15 is 0 Å². The van der Waals surface area contributed by atoms with Gasteiger partial charge in [0, 0.05) is 21.1 Å². The van der Waals surface area contributed by atoms with Gasteiger partial charge in [0.1, 0.15) is 0 Å². The van der Waals surface area contributed by atoms with Crippen molar-refractivity contribution in [2.75, 3.05) is 14.7 Å². The van der Waals surface area contributed by atoms with Crippen LogP contribution in [0.15, 0.2) is 110 Å². The summed E-state index contributed by atoms with van der Waals surface area (Å²) in [4.78, 5) is 11.3. The van der Waals surface area contributed by atoms with Crippen LogP contribution in [0.3, 0.4) is 0 Å². The number of hydrogen-bond acceptors (Lipinski definition) is 5. The van der Waals surface area contributed by atoms with Crippen LogP contribution in [0.2, 0.25) is 0 Å². The van der Waals surface area contributed by atoms with Gasteiger partial charge >= 0.3 is 229 Å². The SMILES string of the molecule is CC(C)(C)c1ccc(N2C=CN(c3[c-]c(Oc4[c-]c5c(cc4)[Te]c4ccccc4N5c4cc(C(C)(C)C)ccn4)ccc3)[CH-]2)cc1.[Pt]. The normalized spacial score (nSPS) is 14.0. The number of benzene rings is 4. The number of para-hydroxylation sites is 1. The van der Waals surface area contributed by atoms with Gasteiger partial charge < -0.3 is 0 Å². The first-order chi connectivity index (χ1) is 22.0. The third-order valence-electron chi connectivity index (χ3n) is 8.17. The Morgan fingerprint density at radius 2 is 1.43 bits per heavy atom. The molecule has 5 nitrogen and oxygen atoms in total. The average Bonchev–Trinajstić information content (AvgIpc) is 3.54. The van der Waals surface area contributed by atoms with Crippen molar-refractivity contribution in [2.45, 2.75) is 52.4 Å². The van der Waals surface area contributed by atoms with Gasteiger partial charge in [-0.3, -0.25) is 0 Å². The third-order valence-corrected chi connectivity index (χ3v) is 11.4. The molecule has 1 aromatic heterocycles. The summed E-state index contributed by atoms with van der Waals surface area (Å²) in [6, 6.07) is 39.0. The Morgan fingerprint density at radius 3 is 2.19 bits per heavy atom. The number of anilines is 5. The minimum absolute atomic E-state index is 0. The number of hydrogen-bond donors (Lipinski definition) is 0. The molecule has 4 aromatic carbocycles. The van der Waals surface area contributed by atoms with E-state index in [0.29, 0.717) is 11.5 Å². The first kappa shape index (κ1) is 33.4. The smallest absolute Gasteiger partial charge is 0 e. The molecule has 242 valence electrons. The van der Waals surface area contributed by atoms with Gasteiger partial charge in [-0.15, -0.1) is 0 Å². The van der Waals surface area contributed by atoms with Gasteiger partial charge in [0.05, 0.1) is 0 Å².